The first-order valence-corrected chi connectivity index (χ1v) is 7.00. The number of aromatic nitrogens is 2. The van der Waals surface area contributed by atoms with Crippen LogP contribution in [0.15, 0.2) is 4.79 Å². The summed E-state index contributed by atoms with van der Waals surface area (Å²) in [6, 6.07) is 0. The van der Waals surface area contributed by atoms with Gasteiger partial charge in [0.2, 0.25) is 0 Å². The Kier molecular flexibility index (Phi) is 3.49. The summed E-state index contributed by atoms with van der Waals surface area (Å²) in [6.07, 6.45) is 2.08. The molecule has 0 fully saturated rings. The van der Waals surface area contributed by atoms with E-state index in [4.69, 9.17) is 12.2 Å². The van der Waals surface area contributed by atoms with Crippen molar-refractivity contribution in [2.75, 3.05) is 0 Å². The molecule has 3 nitrogen and oxygen atoms in total. The molecule has 0 spiro atoms. The highest BCUT2D eigenvalue weighted by Crippen LogP contribution is 2.29. The number of aryl methyl sites for hydroxylation is 1. The monoisotopic (exact) mass is 268 g/mol. The summed E-state index contributed by atoms with van der Waals surface area (Å²) in [6.45, 7) is 6.45. The van der Waals surface area contributed by atoms with Crippen LogP contribution in [0.2, 0.25) is 0 Å². The van der Waals surface area contributed by atoms with Crippen molar-refractivity contribution in [1.29, 1.82) is 0 Å². The van der Waals surface area contributed by atoms with Crippen LogP contribution in [0.1, 0.15) is 30.7 Å². The number of hydrogen-bond donors (Lipinski definition) is 2. The van der Waals surface area contributed by atoms with Gasteiger partial charge in [-0.25, -0.2) is 0 Å². The summed E-state index contributed by atoms with van der Waals surface area (Å²) >= 11 is 6.60. The van der Waals surface area contributed by atoms with Crippen molar-refractivity contribution in [2.45, 2.75) is 33.6 Å². The van der Waals surface area contributed by atoms with Crippen LogP contribution in [0.4, 0.5) is 0 Å². The topological polar surface area (TPSA) is 48.6 Å². The van der Waals surface area contributed by atoms with E-state index in [0.29, 0.717) is 10.7 Å². The predicted octanol–water partition coefficient (Wildman–Crippen LogP) is 3.54. The van der Waals surface area contributed by atoms with Crippen molar-refractivity contribution in [1.82, 2.24) is 9.97 Å². The third-order valence-electron chi connectivity index (χ3n) is 3.14. The van der Waals surface area contributed by atoms with Crippen LogP contribution >= 0.6 is 23.6 Å². The first-order chi connectivity index (χ1) is 8.02. The van der Waals surface area contributed by atoms with E-state index in [-0.39, 0.29) is 5.56 Å². The first-order valence-electron chi connectivity index (χ1n) is 5.77. The zero-order valence-electron chi connectivity index (χ0n) is 10.2. The number of aromatic amines is 2. The predicted molar refractivity (Wildman–Crippen MR) is 75.5 cm³/mol. The summed E-state index contributed by atoms with van der Waals surface area (Å²) in [5.74, 6) is 0.592. The van der Waals surface area contributed by atoms with Gasteiger partial charge in [0.1, 0.15) is 4.83 Å². The van der Waals surface area contributed by atoms with Crippen LogP contribution in [0.5, 0.6) is 0 Å². The lowest BCUT2D eigenvalue weighted by Crippen LogP contribution is -2.09. The van der Waals surface area contributed by atoms with Gasteiger partial charge in [-0.1, -0.05) is 20.3 Å². The molecule has 2 heterocycles. The molecule has 0 aromatic carbocycles. The minimum absolute atomic E-state index is 0.0635. The fourth-order valence-corrected chi connectivity index (χ4v) is 3.29. The standard InChI is InChI=1S/C12H16N2OS2/c1-4-6(2)5-8-7(3)17-11-9(8)10(15)13-12(16)14-11/h6H,4-5H2,1-3H3,(H2,13,14,15,16)/t6-/m0/s1. The number of nitrogens with one attached hydrogen (secondary N) is 2. The van der Waals surface area contributed by atoms with E-state index in [1.807, 2.05) is 0 Å². The molecule has 0 radical (unpaired) electrons. The molecular formula is C12H16N2OS2. The van der Waals surface area contributed by atoms with Crippen molar-refractivity contribution in [3.8, 4) is 0 Å². The van der Waals surface area contributed by atoms with Gasteiger partial charge >= 0.3 is 0 Å². The molecule has 0 aliphatic carbocycles. The fraction of sp³-hybridized carbons (Fsp3) is 0.500. The number of fused-ring (bicyclic) bond motifs is 1. The average Bonchev–Trinajstić information content (AvgIpc) is 2.55. The van der Waals surface area contributed by atoms with Crippen LogP contribution in [-0.2, 0) is 6.42 Å². The molecule has 0 unspecified atom stereocenters. The molecule has 17 heavy (non-hydrogen) atoms. The SMILES string of the molecule is CC[C@H](C)Cc1c(C)sc2[nH]c(=S)[nH]c(=O)c12. The van der Waals surface area contributed by atoms with E-state index in [1.165, 1.54) is 10.4 Å². The highest BCUT2D eigenvalue weighted by Gasteiger charge is 2.14. The second-order valence-corrected chi connectivity index (χ2v) is 6.10. The van der Waals surface area contributed by atoms with E-state index < -0.39 is 0 Å². The molecule has 0 saturated heterocycles. The molecule has 1 atom stereocenters. The van der Waals surface area contributed by atoms with Crippen LogP contribution in [0, 0.1) is 17.6 Å². The van der Waals surface area contributed by atoms with Gasteiger partial charge in [-0.2, -0.15) is 0 Å². The molecular weight excluding hydrogens is 252 g/mol. The highest BCUT2D eigenvalue weighted by atomic mass is 32.1. The summed E-state index contributed by atoms with van der Waals surface area (Å²) in [4.78, 5) is 19.8. The van der Waals surface area contributed by atoms with Gasteiger partial charge in [0.05, 0.1) is 5.39 Å². The van der Waals surface area contributed by atoms with Crippen LogP contribution in [-0.4, -0.2) is 9.97 Å². The molecule has 0 amide bonds. The van der Waals surface area contributed by atoms with Gasteiger partial charge in [-0.05, 0) is 37.0 Å². The van der Waals surface area contributed by atoms with Gasteiger partial charge in [-0.3, -0.25) is 9.78 Å². The van der Waals surface area contributed by atoms with E-state index in [1.54, 1.807) is 11.3 Å². The van der Waals surface area contributed by atoms with E-state index in [2.05, 4.69) is 30.7 Å². The lowest BCUT2D eigenvalue weighted by molar-refractivity contribution is 0.561. The van der Waals surface area contributed by atoms with Crippen molar-refractivity contribution < 1.29 is 0 Å². The lowest BCUT2D eigenvalue weighted by atomic mass is 9.98. The maximum Gasteiger partial charge on any atom is 0.260 e. The second-order valence-electron chi connectivity index (χ2n) is 4.47. The molecule has 0 bridgehead atoms. The number of thiophene rings is 1. The Morgan fingerprint density at radius 3 is 2.76 bits per heavy atom. The molecule has 2 aromatic rings. The third-order valence-corrected chi connectivity index (χ3v) is 4.41. The summed E-state index contributed by atoms with van der Waals surface area (Å²) in [5.41, 5.74) is 1.11. The molecule has 2 rings (SSSR count). The largest absolute Gasteiger partial charge is 0.323 e. The molecule has 0 aliphatic heterocycles. The molecule has 2 aromatic heterocycles. The molecule has 0 saturated carbocycles. The van der Waals surface area contributed by atoms with E-state index in [0.717, 1.165) is 23.1 Å². The average molecular weight is 268 g/mol. The Morgan fingerprint density at radius 1 is 1.41 bits per heavy atom. The second kappa shape index (κ2) is 4.74. The Hall–Kier alpha value is -0.940. The molecule has 0 aliphatic rings. The third kappa shape index (κ3) is 2.35. The number of rotatable bonds is 3. The van der Waals surface area contributed by atoms with E-state index in [9.17, 15) is 4.79 Å². The summed E-state index contributed by atoms with van der Waals surface area (Å²) < 4.78 is 0.402. The first kappa shape index (κ1) is 12.5. The van der Waals surface area contributed by atoms with Crippen LogP contribution in [0.25, 0.3) is 10.2 Å². The van der Waals surface area contributed by atoms with Crippen molar-refractivity contribution in [3.63, 3.8) is 0 Å². The quantitative estimate of drug-likeness (QED) is 0.836. The van der Waals surface area contributed by atoms with Gasteiger partial charge in [0.15, 0.2) is 4.77 Å². The zero-order valence-corrected chi connectivity index (χ0v) is 11.8. The summed E-state index contributed by atoms with van der Waals surface area (Å²) in [7, 11) is 0. The Bertz CT molecular complexity index is 651. The smallest absolute Gasteiger partial charge is 0.260 e. The van der Waals surface area contributed by atoms with Gasteiger partial charge in [-0.15, -0.1) is 11.3 Å². The van der Waals surface area contributed by atoms with E-state index >= 15 is 0 Å². The van der Waals surface area contributed by atoms with Gasteiger partial charge in [0, 0.05) is 4.88 Å². The fourth-order valence-electron chi connectivity index (χ4n) is 1.95. The van der Waals surface area contributed by atoms with Gasteiger partial charge < -0.3 is 4.98 Å². The Balaban J connectivity index is 2.67. The maximum atomic E-state index is 12.0. The molecule has 92 valence electrons. The summed E-state index contributed by atoms with van der Waals surface area (Å²) in [5, 5.41) is 0.793. The molecule has 2 N–H and O–H groups in total. The van der Waals surface area contributed by atoms with Crippen molar-refractivity contribution >= 4 is 33.8 Å². The Labute approximate surface area is 109 Å². The van der Waals surface area contributed by atoms with Crippen molar-refractivity contribution in [3.05, 3.63) is 25.6 Å². The van der Waals surface area contributed by atoms with Gasteiger partial charge in [0.25, 0.3) is 5.56 Å². The zero-order chi connectivity index (χ0) is 12.6. The molecule has 5 heteroatoms. The minimum atomic E-state index is -0.0635. The normalized spacial score (nSPS) is 13.1. The maximum absolute atomic E-state index is 12.0. The Morgan fingerprint density at radius 2 is 2.12 bits per heavy atom. The highest BCUT2D eigenvalue weighted by molar-refractivity contribution is 7.71. The van der Waals surface area contributed by atoms with Crippen LogP contribution < -0.4 is 5.56 Å². The number of hydrogen-bond acceptors (Lipinski definition) is 3. The number of H-pyrrole nitrogens is 2. The van der Waals surface area contributed by atoms with Crippen molar-refractivity contribution in [2.24, 2.45) is 5.92 Å². The lowest BCUT2D eigenvalue weighted by Gasteiger charge is -2.07. The minimum Gasteiger partial charge on any atom is -0.323 e. The van der Waals surface area contributed by atoms with Crippen LogP contribution in [0.3, 0.4) is 0 Å².